The first-order chi connectivity index (χ1) is 13.5. The number of rotatable bonds is 8. The second-order valence-electron chi connectivity index (χ2n) is 6.68. The van der Waals surface area contributed by atoms with Crippen molar-refractivity contribution in [3.63, 3.8) is 0 Å². The zero-order valence-corrected chi connectivity index (χ0v) is 16.4. The third-order valence-electron chi connectivity index (χ3n) is 4.72. The van der Waals surface area contributed by atoms with Crippen molar-refractivity contribution in [2.75, 3.05) is 26.9 Å². The molecule has 0 spiro atoms. The summed E-state index contributed by atoms with van der Waals surface area (Å²) in [7, 11) is 1.67. The Balaban J connectivity index is 1.57. The molecule has 0 N–H and O–H groups in total. The van der Waals surface area contributed by atoms with Gasteiger partial charge in [-0.2, -0.15) is 0 Å². The van der Waals surface area contributed by atoms with Crippen molar-refractivity contribution in [3.05, 3.63) is 47.3 Å². The van der Waals surface area contributed by atoms with Gasteiger partial charge in [0.15, 0.2) is 18.1 Å². The molecule has 2 aromatic rings. The Labute approximate surface area is 164 Å². The number of ketones is 1. The maximum Gasteiger partial charge on any atom is 0.351 e. The zero-order chi connectivity index (χ0) is 20.1. The highest BCUT2D eigenvalue weighted by atomic mass is 16.6. The quantitative estimate of drug-likeness (QED) is 0.394. The van der Waals surface area contributed by atoms with Crippen LogP contribution < -0.4 is 9.47 Å². The summed E-state index contributed by atoms with van der Waals surface area (Å²) >= 11 is 0. The lowest BCUT2D eigenvalue weighted by Crippen LogP contribution is -2.38. The number of carbonyl (C=O) groups excluding carboxylic acids is 2. The number of hydrogen-bond acceptors (Lipinski definition) is 6. The molecule has 0 unspecified atom stereocenters. The Hall–Kier alpha value is -2.80. The van der Waals surface area contributed by atoms with Crippen LogP contribution in [0.2, 0.25) is 0 Å². The standard InChI is InChI=1S/C21H25NO6/c1-14-11-16(15(2)22(14)9-6-10-25-3)17(23)12-27-21(24)20-13-26-18-7-4-5-8-19(18)28-20/h4-5,7-8,11,20H,6,9-10,12-13H2,1-3H3/t20-/m1/s1. The number of carbonyl (C=O) groups is 2. The molecule has 150 valence electrons. The third-order valence-corrected chi connectivity index (χ3v) is 4.72. The number of esters is 1. The first kappa shape index (κ1) is 19.9. The minimum absolute atomic E-state index is 0.0536. The minimum atomic E-state index is -0.885. The number of methoxy groups -OCH3 is 1. The SMILES string of the molecule is COCCCn1c(C)cc(C(=O)COC(=O)[C@H]2COc3ccccc3O2)c1C. The van der Waals surface area contributed by atoms with Crippen molar-refractivity contribution in [2.45, 2.75) is 32.9 Å². The lowest BCUT2D eigenvalue weighted by atomic mass is 10.1. The molecule has 1 aromatic carbocycles. The van der Waals surface area contributed by atoms with E-state index in [0.717, 1.165) is 24.4 Å². The number of hydrogen-bond donors (Lipinski definition) is 0. The molecule has 0 bridgehead atoms. The van der Waals surface area contributed by atoms with E-state index in [4.69, 9.17) is 18.9 Å². The van der Waals surface area contributed by atoms with Crippen LogP contribution in [0.4, 0.5) is 0 Å². The molecular formula is C21H25NO6. The summed E-state index contributed by atoms with van der Waals surface area (Å²) in [6.07, 6.45) is -0.0279. The fourth-order valence-corrected chi connectivity index (χ4v) is 3.24. The highest BCUT2D eigenvalue weighted by Gasteiger charge is 2.29. The van der Waals surface area contributed by atoms with Crippen molar-refractivity contribution in [3.8, 4) is 11.5 Å². The summed E-state index contributed by atoms with van der Waals surface area (Å²) in [6, 6.07) is 8.93. The van der Waals surface area contributed by atoms with Gasteiger partial charge in [0.2, 0.25) is 11.9 Å². The number of benzene rings is 1. The van der Waals surface area contributed by atoms with Crippen molar-refractivity contribution < 1.29 is 28.5 Å². The third kappa shape index (κ3) is 4.36. The van der Waals surface area contributed by atoms with Gasteiger partial charge in [0.25, 0.3) is 0 Å². The lowest BCUT2D eigenvalue weighted by Gasteiger charge is -2.24. The van der Waals surface area contributed by atoms with Gasteiger partial charge in [-0.3, -0.25) is 4.79 Å². The van der Waals surface area contributed by atoms with Gasteiger partial charge in [-0.05, 0) is 38.5 Å². The fourth-order valence-electron chi connectivity index (χ4n) is 3.24. The summed E-state index contributed by atoms with van der Waals surface area (Å²) in [4.78, 5) is 24.8. The van der Waals surface area contributed by atoms with Crippen molar-refractivity contribution in [2.24, 2.45) is 0 Å². The molecule has 1 aromatic heterocycles. The fraction of sp³-hybridized carbons (Fsp3) is 0.429. The van der Waals surface area contributed by atoms with Gasteiger partial charge in [-0.1, -0.05) is 12.1 Å². The number of para-hydroxylation sites is 2. The largest absolute Gasteiger partial charge is 0.485 e. The van der Waals surface area contributed by atoms with Crippen LogP contribution in [0.5, 0.6) is 11.5 Å². The van der Waals surface area contributed by atoms with Crippen LogP contribution in [0.25, 0.3) is 0 Å². The molecule has 7 heteroatoms. The first-order valence-electron chi connectivity index (χ1n) is 9.25. The molecular weight excluding hydrogens is 362 g/mol. The van der Waals surface area contributed by atoms with Crippen LogP contribution in [-0.4, -0.2) is 49.4 Å². The normalized spacial score (nSPS) is 15.3. The average molecular weight is 387 g/mol. The molecule has 1 aliphatic heterocycles. The summed E-state index contributed by atoms with van der Waals surface area (Å²) in [5, 5.41) is 0. The molecule has 0 saturated heterocycles. The van der Waals surface area contributed by atoms with E-state index >= 15 is 0 Å². The van der Waals surface area contributed by atoms with Crippen LogP contribution in [-0.2, 0) is 20.8 Å². The van der Waals surface area contributed by atoms with Gasteiger partial charge in [-0.15, -0.1) is 0 Å². The van der Waals surface area contributed by atoms with Crippen molar-refractivity contribution >= 4 is 11.8 Å². The number of nitrogens with zero attached hydrogens (tertiary/aromatic N) is 1. The van der Waals surface area contributed by atoms with Gasteiger partial charge in [0.05, 0.1) is 0 Å². The minimum Gasteiger partial charge on any atom is -0.485 e. The van der Waals surface area contributed by atoms with Crippen LogP contribution in [0, 0.1) is 13.8 Å². The van der Waals surface area contributed by atoms with Gasteiger partial charge in [0, 0.05) is 37.2 Å². The molecule has 0 radical (unpaired) electrons. The monoisotopic (exact) mass is 387 g/mol. The molecule has 0 aliphatic carbocycles. The average Bonchev–Trinajstić information content (AvgIpc) is 3.00. The molecule has 2 heterocycles. The molecule has 0 amide bonds. The number of aromatic nitrogens is 1. The summed E-state index contributed by atoms with van der Waals surface area (Å²) in [5.74, 6) is 0.221. The predicted octanol–water partition coefficient (Wildman–Crippen LogP) is 2.71. The Morgan fingerprint density at radius 2 is 1.96 bits per heavy atom. The molecule has 0 fully saturated rings. The van der Waals surface area contributed by atoms with Crippen LogP contribution in [0.3, 0.4) is 0 Å². The van der Waals surface area contributed by atoms with Crippen LogP contribution >= 0.6 is 0 Å². The first-order valence-corrected chi connectivity index (χ1v) is 9.25. The van der Waals surface area contributed by atoms with E-state index in [1.807, 2.05) is 26.0 Å². The van der Waals surface area contributed by atoms with Crippen molar-refractivity contribution in [1.82, 2.24) is 4.57 Å². The van der Waals surface area contributed by atoms with E-state index in [9.17, 15) is 9.59 Å². The molecule has 1 atom stereocenters. The Kier molecular flexibility index (Phi) is 6.36. The number of fused-ring (bicyclic) bond motifs is 1. The molecule has 28 heavy (non-hydrogen) atoms. The van der Waals surface area contributed by atoms with Gasteiger partial charge in [-0.25, -0.2) is 4.79 Å². The highest BCUT2D eigenvalue weighted by Crippen LogP contribution is 2.31. The molecule has 0 saturated carbocycles. The van der Waals surface area contributed by atoms with Crippen LogP contribution in [0.1, 0.15) is 28.2 Å². The predicted molar refractivity (Wildman–Crippen MR) is 102 cm³/mol. The van der Waals surface area contributed by atoms with E-state index in [1.165, 1.54) is 0 Å². The Morgan fingerprint density at radius 1 is 1.21 bits per heavy atom. The summed E-state index contributed by atoms with van der Waals surface area (Å²) < 4.78 is 23.5. The molecule has 3 rings (SSSR count). The second kappa shape index (κ2) is 8.93. The van der Waals surface area contributed by atoms with E-state index < -0.39 is 12.1 Å². The van der Waals surface area contributed by atoms with Gasteiger partial charge in [0.1, 0.15) is 6.61 Å². The topological polar surface area (TPSA) is 76.0 Å². The number of aryl methyl sites for hydroxylation is 1. The lowest BCUT2D eigenvalue weighted by molar-refractivity contribution is -0.153. The van der Waals surface area contributed by atoms with Crippen LogP contribution in [0.15, 0.2) is 30.3 Å². The maximum atomic E-state index is 12.6. The molecule has 1 aliphatic rings. The summed E-state index contributed by atoms with van der Waals surface area (Å²) in [6.45, 7) is 4.99. The van der Waals surface area contributed by atoms with E-state index in [1.54, 1.807) is 25.3 Å². The second-order valence-corrected chi connectivity index (χ2v) is 6.68. The summed E-state index contributed by atoms with van der Waals surface area (Å²) in [5.41, 5.74) is 2.42. The van der Waals surface area contributed by atoms with E-state index in [0.29, 0.717) is 23.7 Å². The Morgan fingerprint density at radius 3 is 2.71 bits per heavy atom. The van der Waals surface area contributed by atoms with Gasteiger partial charge < -0.3 is 23.5 Å². The Bertz CT molecular complexity index is 857. The highest BCUT2D eigenvalue weighted by molar-refractivity contribution is 5.99. The number of ether oxygens (including phenoxy) is 4. The van der Waals surface area contributed by atoms with Crippen molar-refractivity contribution in [1.29, 1.82) is 0 Å². The van der Waals surface area contributed by atoms with E-state index in [2.05, 4.69) is 4.57 Å². The number of Topliss-reactive ketones (excluding diaryl/α,β-unsaturated/α-hetero) is 1. The maximum absolute atomic E-state index is 12.6. The van der Waals surface area contributed by atoms with Gasteiger partial charge >= 0.3 is 5.97 Å². The smallest absolute Gasteiger partial charge is 0.351 e. The zero-order valence-electron chi connectivity index (χ0n) is 16.4. The van der Waals surface area contributed by atoms with E-state index in [-0.39, 0.29) is 19.0 Å². The molecule has 7 nitrogen and oxygen atoms in total.